The fourth-order valence-electron chi connectivity index (χ4n) is 2.16. The maximum atomic E-state index is 5.56. The lowest BCUT2D eigenvalue weighted by molar-refractivity contribution is 0.499. The number of hydrogen-bond donors (Lipinski definition) is 1. The summed E-state index contributed by atoms with van der Waals surface area (Å²) in [5.41, 5.74) is 8.48. The molecular weight excluding hydrogens is 206 g/mol. The predicted octanol–water partition coefficient (Wildman–Crippen LogP) is 3.80. The average Bonchev–Trinajstić information content (AvgIpc) is 2.28. The second kappa shape index (κ2) is 7.50. The molecule has 2 N–H and O–H groups in total. The van der Waals surface area contributed by atoms with E-state index in [1.807, 2.05) is 0 Å². The lowest BCUT2D eigenvalue weighted by atomic mass is 9.96. The van der Waals surface area contributed by atoms with Crippen LogP contribution in [-0.2, 0) is 12.8 Å². The summed E-state index contributed by atoms with van der Waals surface area (Å²) in [6.45, 7) is 7.64. The third kappa shape index (κ3) is 5.88. The van der Waals surface area contributed by atoms with Crippen LogP contribution in [0.2, 0.25) is 0 Å². The zero-order chi connectivity index (χ0) is 12.7. The summed E-state index contributed by atoms with van der Waals surface area (Å²) >= 11 is 0. The van der Waals surface area contributed by atoms with E-state index in [-0.39, 0.29) is 0 Å². The Labute approximate surface area is 106 Å². The van der Waals surface area contributed by atoms with Gasteiger partial charge in [0, 0.05) is 0 Å². The fraction of sp³-hybridized carbons (Fsp3) is 0.625. The molecule has 0 amide bonds. The quantitative estimate of drug-likeness (QED) is 0.761. The summed E-state index contributed by atoms with van der Waals surface area (Å²) in [7, 11) is 0. The van der Waals surface area contributed by atoms with E-state index in [4.69, 9.17) is 5.73 Å². The minimum atomic E-state index is 0.741. The molecule has 1 rings (SSSR count). The normalized spacial score (nSPS) is 13.0. The standard InChI is InChI=1S/C16H27N/c1-13(2)12-16-8-6-15(7-9-16)5-4-14(3)10-11-17/h6-9,13-14H,4-5,10-12,17H2,1-3H3. The van der Waals surface area contributed by atoms with Crippen LogP contribution in [-0.4, -0.2) is 6.54 Å². The Balaban J connectivity index is 2.40. The van der Waals surface area contributed by atoms with E-state index < -0.39 is 0 Å². The first-order chi connectivity index (χ1) is 8.11. The van der Waals surface area contributed by atoms with Gasteiger partial charge in [0.05, 0.1) is 0 Å². The van der Waals surface area contributed by atoms with Crippen molar-refractivity contribution in [3.63, 3.8) is 0 Å². The Morgan fingerprint density at radius 3 is 2.06 bits per heavy atom. The minimum absolute atomic E-state index is 0.741. The first-order valence-electron chi connectivity index (χ1n) is 6.89. The SMILES string of the molecule is CC(C)Cc1ccc(CCC(C)CCN)cc1. The molecule has 1 unspecified atom stereocenters. The average molecular weight is 233 g/mol. The molecule has 0 saturated heterocycles. The van der Waals surface area contributed by atoms with E-state index in [9.17, 15) is 0 Å². The summed E-state index contributed by atoms with van der Waals surface area (Å²) in [4.78, 5) is 0. The molecule has 0 aliphatic carbocycles. The summed E-state index contributed by atoms with van der Waals surface area (Å²) < 4.78 is 0. The van der Waals surface area contributed by atoms with Gasteiger partial charge in [-0.05, 0) is 55.2 Å². The molecule has 0 fully saturated rings. The van der Waals surface area contributed by atoms with Crippen molar-refractivity contribution in [3.05, 3.63) is 35.4 Å². The van der Waals surface area contributed by atoms with Gasteiger partial charge in [0.1, 0.15) is 0 Å². The van der Waals surface area contributed by atoms with Gasteiger partial charge in [-0.25, -0.2) is 0 Å². The Hall–Kier alpha value is -0.820. The van der Waals surface area contributed by atoms with Gasteiger partial charge in [-0.15, -0.1) is 0 Å². The topological polar surface area (TPSA) is 26.0 Å². The zero-order valence-electron chi connectivity index (χ0n) is 11.6. The van der Waals surface area contributed by atoms with E-state index in [0.29, 0.717) is 0 Å². The van der Waals surface area contributed by atoms with Gasteiger partial charge < -0.3 is 5.73 Å². The fourth-order valence-corrected chi connectivity index (χ4v) is 2.16. The van der Waals surface area contributed by atoms with Crippen molar-refractivity contribution in [2.24, 2.45) is 17.6 Å². The maximum Gasteiger partial charge on any atom is -0.00747 e. The van der Waals surface area contributed by atoms with Crippen LogP contribution in [0.15, 0.2) is 24.3 Å². The van der Waals surface area contributed by atoms with Crippen molar-refractivity contribution in [3.8, 4) is 0 Å². The van der Waals surface area contributed by atoms with E-state index in [0.717, 1.165) is 24.8 Å². The number of aryl methyl sites for hydroxylation is 1. The second-order valence-electron chi connectivity index (χ2n) is 5.64. The molecule has 1 aromatic carbocycles. The van der Waals surface area contributed by atoms with E-state index in [2.05, 4.69) is 45.0 Å². The Bertz CT molecular complexity index is 300. The van der Waals surface area contributed by atoms with Crippen LogP contribution in [0.1, 0.15) is 44.7 Å². The van der Waals surface area contributed by atoms with E-state index in [1.165, 1.54) is 30.4 Å². The van der Waals surface area contributed by atoms with Crippen LogP contribution in [0, 0.1) is 11.8 Å². The summed E-state index contributed by atoms with van der Waals surface area (Å²) in [5, 5.41) is 0. The van der Waals surface area contributed by atoms with Crippen molar-refractivity contribution in [1.29, 1.82) is 0 Å². The molecule has 1 aromatic rings. The molecule has 0 radical (unpaired) electrons. The third-order valence-corrected chi connectivity index (χ3v) is 3.25. The van der Waals surface area contributed by atoms with E-state index in [1.54, 1.807) is 0 Å². The molecule has 1 heteroatoms. The zero-order valence-corrected chi connectivity index (χ0v) is 11.6. The van der Waals surface area contributed by atoms with Crippen molar-refractivity contribution in [2.75, 3.05) is 6.54 Å². The monoisotopic (exact) mass is 233 g/mol. The predicted molar refractivity (Wildman–Crippen MR) is 76.1 cm³/mol. The van der Waals surface area contributed by atoms with Crippen LogP contribution < -0.4 is 5.73 Å². The van der Waals surface area contributed by atoms with Gasteiger partial charge in [-0.1, -0.05) is 45.0 Å². The third-order valence-electron chi connectivity index (χ3n) is 3.25. The number of nitrogens with two attached hydrogens (primary N) is 1. The van der Waals surface area contributed by atoms with Gasteiger partial charge in [0.25, 0.3) is 0 Å². The highest BCUT2D eigenvalue weighted by Gasteiger charge is 2.02. The van der Waals surface area contributed by atoms with Crippen molar-refractivity contribution >= 4 is 0 Å². The lowest BCUT2D eigenvalue weighted by Gasteiger charge is -2.10. The van der Waals surface area contributed by atoms with Gasteiger partial charge in [-0.3, -0.25) is 0 Å². The Kier molecular flexibility index (Phi) is 6.28. The first-order valence-corrected chi connectivity index (χ1v) is 6.89. The molecular formula is C16H27N. The van der Waals surface area contributed by atoms with Crippen LogP contribution >= 0.6 is 0 Å². The molecule has 0 saturated carbocycles. The highest BCUT2D eigenvalue weighted by atomic mass is 14.5. The van der Waals surface area contributed by atoms with Crippen molar-refractivity contribution < 1.29 is 0 Å². The van der Waals surface area contributed by atoms with E-state index >= 15 is 0 Å². The number of hydrogen-bond acceptors (Lipinski definition) is 1. The van der Waals surface area contributed by atoms with Crippen LogP contribution in [0.5, 0.6) is 0 Å². The Morgan fingerprint density at radius 1 is 0.941 bits per heavy atom. The lowest BCUT2D eigenvalue weighted by Crippen LogP contribution is -2.06. The van der Waals surface area contributed by atoms with Crippen LogP contribution in [0.3, 0.4) is 0 Å². The highest BCUT2D eigenvalue weighted by molar-refractivity contribution is 5.22. The summed E-state index contributed by atoms with van der Waals surface area (Å²) in [5.74, 6) is 1.49. The highest BCUT2D eigenvalue weighted by Crippen LogP contribution is 2.14. The van der Waals surface area contributed by atoms with Crippen LogP contribution in [0.25, 0.3) is 0 Å². The summed E-state index contributed by atoms with van der Waals surface area (Å²) in [6, 6.07) is 9.13. The molecule has 1 nitrogen and oxygen atoms in total. The van der Waals surface area contributed by atoms with Gasteiger partial charge in [-0.2, -0.15) is 0 Å². The molecule has 0 spiro atoms. The molecule has 0 bridgehead atoms. The smallest absolute Gasteiger partial charge is 0.00747 e. The Morgan fingerprint density at radius 2 is 1.53 bits per heavy atom. The van der Waals surface area contributed by atoms with Gasteiger partial charge >= 0.3 is 0 Å². The molecule has 0 aliphatic rings. The van der Waals surface area contributed by atoms with Gasteiger partial charge in [0.15, 0.2) is 0 Å². The molecule has 96 valence electrons. The van der Waals surface area contributed by atoms with Crippen molar-refractivity contribution in [2.45, 2.75) is 46.5 Å². The first kappa shape index (κ1) is 14.2. The molecule has 0 heterocycles. The molecule has 17 heavy (non-hydrogen) atoms. The molecule has 0 aliphatic heterocycles. The molecule has 0 aromatic heterocycles. The minimum Gasteiger partial charge on any atom is -0.330 e. The number of rotatable bonds is 7. The van der Waals surface area contributed by atoms with Crippen LogP contribution in [0.4, 0.5) is 0 Å². The maximum absolute atomic E-state index is 5.56. The molecule has 1 atom stereocenters. The summed E-state index contributed by atoms with van der Waals surface area (Å²) in [6.07, 6.45) is 4.76. The second-order valence-corrected chi connectivity index (χ2v) is 5.64. The number of benzene rings is 1. The van der Waals surface area contributed by atoms with Crippen molar-refractivity contribution in [1.82, 2.24) is 0 Å². The largest absolute Gasteiger partial charge is 0.330 e. The van der Waals surface area contributed by atoms with Gasteiger partial charge in [0.2, 0.25) is 0 Å².